The molecule has 0 spiro atoms. The molecule has 21 heavy (non-hydrogen) atoms. The predicted octanol–water partition coefficient (Wildman–Crippen LogP) is 4.58. The number of halogens is 3. The van der Waals surface area contributed by atoms with Gasteiger partial charge in [0.1, 0.15) is 5.60 Å². The molecule has 0 aliphatic rings. The topological polar surface area (TPSA) is 20.2 Å². The minimum absolute atomic E-state index is 0.434. The van der Waals surface area contributed by atoms with Gasteiger partial charge < -0.3 is 5.11 Å². The van der Waals surface area contributed by atoms with Crippen LogP contribution in [0.5, 0.6) is 0 Å². The molecule has 0 saturated heterocycles. The quantitative estimate of drug-likeness (QED) is 0.859. The Morgan fingerprint density at radius 1 is 0.857 bits per heavy atom. The Kier molecular flexibility index (Phi) is 3.85. The second-order valence-electron chi connectivity index (χ2n) is 5.47. The smallest absolute Gasteiger partial charge is 0.381 e. The average Bonchev–Trinajstić information content (AvgIpc) is 2.40. The highest BCUT2D eigenvalue weighted by Crippen LogP contribution is 2.34. The van der Waals surface area contributed by atoms with Crippen molar-refractivity contribution in [3.8, 4) is 0 Å². The molecule has 0 saturated carbocycles. The zero-order chi connectivity index (χ0) is 15.8. The Balaban J connectivity index is 2.46. The summed E-state index contributed by atoms with van der Waals surface area (Å²) in [5.74, 6) is 0. The van der Waals surface area contributed by atoms with Gasteiger partial charge in [-0.1, -0.05) is 35.9 Å². The van der Waals surface area contributed by atoms with Crippen LogP contribution in [-0.2, 0) is 11.8 Å². The summed E-state index contributed by atoms with van der Waals surface area (Å²) < 4.78 is 37.8. The van der Waals surface area contributed by atoms with Crippen molar-refractivity contribution in [1.29, 1.82) is 0 Å². The molecule has 0 aromatic heterocycles. The summed E-state index contributed by atoms with van der Waals surface area (Å²) >= 11 is 0. The minimum atomic E-state index is -4.37. The van der Waals surface area contributed by atoms with Crippen LogP contribution in [0.2, 0.25) is 0 Å². The second kappa shape index (κ2) is 5.19. The van der Waals surface area contributed by atoms with Crippen LogP contribution in [0.25, 0.3) is 0 Å². The number of aryl methyl sites for hydroxylation is 2. The maximum absolute atomic E-state index is 12.6. The van der Waals surface area contributed by atoms with Crippen LogP contribution in [0.3, 0.4) is 0 Å². The molecule has 1 N–H and O–H groups in total. The van der Waals surface area contributed by atoms with Gasteiger partial charge in [-0.15, -0.1) is 0 Å². The highest BCUT2D eigenvalue weighted by molar-refractivity contribution is 5.42. The van der Waals surface area contributed by atoms with E-state index in [1.54, 1.807) is 6.92 Å². The summed E-state index contributed by atoms with van der Waals surface area (Å²) in [4.78, 5) is 0. The fourth-order valence-corrected chi connectivity index (χ4v) is 2.40. The minimum Gasteiger partial charge on any atom is -0.381 e. The molecule has 1 unspecified atom stereocenters. The van der Waals surface area contributed by atoms with Gasteiger partial charge in [-0.25, -0.2) is 0 Å². The molecular formula is C17H17F3O. The van der Waals surface area contributed by atoms with E-state index in [4.69, 9.17) is 0 Å². The van der Waals surface area contributed by atoms with E-state index < -0.39 is 17.3 Å². The summed E-state index contributed by atoms with van der Waals surface area (Å²) in [6, 6.07) is 10.3. The van der Waals surface area contributed by atoms with Crippen LogP contribution in [0.15, 0.2) is 42.5 Å². The van der Waals surface area contributed by atoms with Crippen molar-refractivity contribution in [3.05, 3.63) is 70.3 Å². The molecule has 0 heterocycles. The first-order chi connectivity index (χ1) is 9.62. The summed E-state index contributed by atoms with van der Waals surface area (Å²) in [7, 11) is 0. The van der Waals surface area contributed by atoms with Gasteiger partial charge in [-0.3, -0.25) is 0 Å². The molecule has 0 aliphatic heterocycles. The lowest BCUT2D eigenvalue weighted by molar-refractivity contribution is -0.137. The molecule has 0 radical (unpaired) electrons. The Labute approximate surface area is 122 Å². The predicted molar refractivity (Wildman–Crippen MR) is 76.0 cm³/mol. The van der Waals surface area contributed by atoms with Gasteiger partial charge in [0.25, 0.3) is 0 Å². The van der Waals surface area contributed by atoms with E-state index in [0.29, 0.717) is 11.1 Å². The van der Waals surface area contributed by atoms with Gasteiger partial charge in [0.15, 0.2) is 0 Å². The third kappa shape index (κ3) is 3.10. The molecule has 112 valence electrons. The van der Waals surface area contributed by atoms with Crippen molar-refractivity contribution < 1.29 is 18.3 Å². The normalized spacial score (nSPS) is 14.8. The standard InChI is InChI=1S/C17H17F3O/c1-11-4-5-12(2)15(10-11)16(3,21)13-6-8-14(9-7-13)17(18,19)20/h4-10,21H,1-3H3. The van der Waals surface area contributed by atoms with Crippen molar-refractivity contribution in [2.75, 3.05) is 0 Å². The van der Waals surface area contributed by atoms with E-state index in [9.17, 15) is 18.3 Å². The first kappa shape index (κ1) is 15.6. The van der Waals surface area contributed by atoms with Gasteiger partial charge in [-0.05, 0) is 49.6 Å². The lowest BCUT2D eigenvalue weighted by atomic mass is 9.84. The van der Waals surface area contributed by atoms with Crippen molar-refractivity contribution >= 4 is 0 Å². The number of hydrogen-bond donors (Lipinski definition) is 1. The first-order valence-electron chi connectivity index (χ1n) is 6.60. The van der Waals surface area contributed by atoms with Gasteiger partial charge in [0.2, 0.25) is 0 Å². The van der Waals surface area contributed by atoms with Crippen molar-refractivity contribution in [3.63, 3.8) is 0 Å². The number of hydrogen-bond acceptors (Lipinski definition) is 1. The number of rotatable bonds is 2. The molecule has 1 nitrogen and oxygen atoms in total. The number of benzene rings is 2. The van der Waals surface area contributed by atoms with E-state index in [-0.39, 0.29) is 0 Å². The molecule has 4 heteroatoms. The van der Waals surface area contributed by atoms with Gasteiger partial charge in [0.05, 0.1) is 5.56 Å². The Morgan fingerprint density at radius 2 is 1.38 bits per heavy atom. The Bertz CT molecular complexity index is 640. The van der Waals surface area contributed by atoms with Gasteiger partial charge >= 0.3 is 6.18 Å². The first-order valence-corrected chi connectivity index (χ1v) is 6.60. The Morgan fingerprint density at radius 3 is 1.90 bits per heavy atom. The monoisotopic (exact) mass is 294 g/mol. The lowest BCUT2D eigenvalue weighted by Crippen LogP contribution is -2.24. The summed E-state index contributed by atoms with van der Waals surface area (Å²) in [5, 5.41) is 10.8. The molecule has 0 fully saturated rings. The lowest BCUT2D eigenvalue weighted by Gasteiger charge is -2.27. The third-order valence-corrected chi connectivity index (χ3v) is 3.69. The van der Waals surface area contributed by atoms with Crippen molar-refractivity contribution in [2.45, 2.75) is 32.5 Å². The second-order valence-corrected chi connectivity index (χ2v) is 5.47. The maximum Gasteiger partial charge on any atom is 0.416 e. The van der Waals surface area contributed by atoms with Crippen LogP contribution < -0.4 is 0 Å². The summed E-state index contributed by atoms with van der Waals surface area (Å²) in [6.45, 7) is 5.37. The fraction of sp³-hybridized carbons (Fsp3) is 0.294. The molecular weight excluding hydrogens is 277 g/mol. The van der Waals surface area contributed by atoms with E-state index >= 15 is 0 Å². The Hall–Kier alpha value is -1.81. The van der Waals surface area contributed by atoms with E-state index in [1.165, 1.54) is 12.1 Å². The van der Waals surface area contributed by atoms with Crippen molar-refractivity contribution in [2.24, 2.45) is 0 Å². The SMILES string of the molecule is Cc1ccc(C)c(C(C)(O)c2ccc(C(F)(F)F)cc2)c1. The third-order valence-electron chi connectivity index (χ3n) is 3.69. The zero-order valence-corrected chi connectivity index (χ0v) is 12.1. The fourth-order valence-electron chi connectivity index (χ4n) is 2.40. The van der Waals surface area contributed by atoms with Crippen LogP contribution in [0, 0.1) is 13.8 Å². The van der Waals surface area contributed by atoms with Crippen LogP contribution in [0.1, 0.15) is 34.7 Å². The molecule has 0 bridgehead atoms. The number of aliphatic hydroxyl groups is 1. The molecule has 2 aromatic carbocycles. The highest BCUT2D eigenvalue weighted by Gasteiger charge is 2.32. The molecule has 2 aromatic rings. The van der Waals surface area contributed by atoms with Gasteiger partial charge in [-0.2, -0.15) is 13.2 Å². The van der Waals surface area contributed by atoms with Gasteiger partial charge in [0, 0.05) is 0 Å². The van der Waals surface area contributed by atoms with Crippen LogP contribution in [0.4, 0.5) is 13.2 Å². The van der Waals surface area contributed by atoms with E-state index in [0.717, 1.165) is 23.3 Å². The zero-order valence-electron chi connectivity index (χ0n) is 12.1. The largest absolute Gasteiger partial charge is 0.416 e. The van der Waals surface area contributed by atoms with E-state index in [1.807, 2.05) is 32.0 Å². The summed E-state index contributed by atoms with van der Waals surface area (Å²) in [6.07, 6.45) is -4.37. The van der Waals surface area contributed by atoms with Crippen LogP contribution >= 0.6 is 0 Å². The molecule has 0 amide bonds. The number of alkyl halides is 3. The molecule has 1 atom stereocenters. The van der Waals surface area contributed by atoms with E-state index in [2.05, 4.69) is 0 Å². The molecule has 2 rings (SSSR count). The molecule has 0 aliphatic carbocycles. The van der Waals surface area contributed by atoms with Crippen molar-refractivity contribution in [1.82, 2.24) is 0 Å². The van der Waals surface area contributed by atoms with Crippen LogP contribution in [-0.4, -0.2) is 5.11 Å². The summed E-state index contributed by atoms with van der Waals surface area (Å²) in [5.41, 5.74) is 0.961. The highest BCUT2D eigenvalue weighted by atomic mass is 19.4. The maximum atomic E-state index is 12.6. The average molecular weight is 294 g/mol.